The monoisotopic (exact) mass is 261 g/mol. The number of hydrogen-bond acceptors (Lipinski definition) is 3. The van der Waals surface area contributed by atoms with E-state index in [9.17, 15) is 4.79 Å². The van der Waals surface area contributed by atoms with Crippen LogP contribution in [0.15, 0.2) is 18.2 Å². The summed E-state index contributed by atoms with van der Waals surface area (Å²) in [6.07, 6.45) is 3.12. The Bertz CT molecular complexity index is 459. The first-order valence-corrected chi connectivity index (χ1v) is 6.93. The number of primary amides is 1. The molecule has 1 amide bonds. The standard InChI is InChI=1S/C15H23N3O/c1-11-8-12(9-16)5-6-13(11)10-18-7-3-2-4-14(18)15(17)19/h5-6,8,14H,2-4,7,9-10,16H2,1H3,(H2,17,19). The molecule has 0 aliphatic carbocycles. The number of likely N-dealkylation sites (tertiary alicyclic amines) is 1. The molecule has 1 fully saturated rings. The van der Waals surface area contributed by atoms with Crippen molar-refractivity contribution < 1.29 is 4.79 Å². The fourth-order valence-electron chi connectivity index (χ4n) is 2.78. The molecule has 0 aromatic heterocycles. The molecule has 0 radical (unpaired) electrons. The van der Waals surface area contributed by atoms with Crippen molar-refractivity contribution in [1.82, 2.24) is 4.90 Å². The Labute approximate surface area is 114 Å². The Morgan fingerprint density at radius 1 is 1.42 bits per heavy atom. The molecule has 2 rings (SSSR count). The molecule has 1 heterocycles. The van der Waals surface area contributed by atoms with Gasteiger partial charge in [0.25, 0.3) is 0 Å². The molecule has 4 heteroatoms. The molecular weight excluding hydrogens is 238 g/mol. The van der Waals surface area contributed by atoms with Crippen LogP contribution in [0, 0.1) is 6.92 Å². The van der Waals surface area contributed by atoms with E-state index < -0.39 is 0 Å². The minimum atomic E-state index is -0.198. The number of nitrogens with two attached hydrogens (primary N) is 2. The highest BCUT2D eigenvalue weighted by atomic mass is 16.1. The zero-order valence-corrected chi connectivity index (χ0v) is 11.6. The summed E-state index contributed by atoms with van der Waals surface area (Å²) < 4.78 is 0. The summed E-state index contributed by atoms with van der Waals surface area (Å²) in [6, 6.07) is 6.19. The third-order valence-electron chi connectivity index (χ3n) is 3.96. The topological polar surface area (TPSA) is 72.3 Å². The molecular formula is C15H23N3O. The first-order chi connectivity index (χ1) is 9.11. The maximum atomic E-state index is 11.5. The van der Waals surface area contributed by atoms with Gasteiger partial charge in [-0.3, -0.25) is 9.69 Å². The van der Waals surface area contributed by atoms with Gasteiger partial charge >= 0.3 is 0 Å². The molecule has 1 aliphatic heterocycles. The van der Waals surface area contributed by atoms with Crippen molar-refractivity contribution in [1.29, 1.82) is 0 Å². The van der Waals surface area contributed by atoms with Crippen LogP contribution in [0.5, 0.6) is 0 Å². The minimum Gasteiger partial charge on any atom is -0.368 e. The van der Waals surface area contributed by atoms with Gasteiger partial charge in [-0.25, -0.2) is 0 Å². The molecule has 19 heavy (non-hydrogen) atoms. The number of amides is 1. The van der Waals surface area contributed by atoms with Crippen LogP contribution in [0.2, 0.25) is 0 Å². The maximum absolute atomic E-state index is 11.5. The van der Waals surface area contributed by atoms with Crippen LogP contribution in [-0.2, 0) is 17.9 Å². The largest absolute Gasteiger partial charge is 0.368 e. The number of carbonyl (C=O) groups is 1. The SMILES string of the molecule is Cc1cc(CN)ccc1CN1CCCCC1C(N)=O. The number of nitrogens with zero attached hydrogens (tertiary/aromatic N) is 1. The van der Waals surface area contributed by atoms with Gasteiger partial charge in [-0.15, -0.1) is 0 Å². The van der Waals surface area contributed by atoms with E-state index in [0.717, 1.165) is 37.9 Å². The molecule has 104 valence electrons. The normalized spacial score (nSPS) is 20.4. The number of hydrogen-bond donors (Lipinski definition) is 2. The summed E-state index contributed by atoms with van der Waals surface area (Å²) in [6.45, 7) is 4.41. The first-order valence-electron chi connectivity index (χ1n) is 6.93. The second kappa shape index (κ2) is 6.17. The third kappa shape index (κ3) is 3.33. The smallest absolute Gasteiger partial charge is 0.234 e. The lowest BCUT2D eigenvalue weighted by atomic mass is 9.99. The lowest BCUT2D eigenvalue weighted by Crippen LogP contribution is -2.47. The van der Waals surface area contributed by atoms with E-state index in [2.05, 4.69) is 30.0 Å². The molecule has 1 aliphatic rings. The highest BCUT2D eigenvalue weighted by Crippen LogP contribution is 2.21. The van der Waals surface area contributed by atoms with Gasteiger partial charge in [0.15, 0.2) is 0 Å². The van der Waals surface area contributed by atoms with Crippen LogP contribution < -0.4 is 11.5 Å². The van der Waals surface area contributed by atoms with Crippen molar-refractivity contribution in [2.45, 2.75) is 45.3 Å². The van der Waals surface area contributed by atoms with E-state index in [1.165, 1.54) is 11.1 Å². The van der Waals surface area contributed by atoms with Crippen LogP contribution in [0.1, 0.15) is 36.0 Å². The van der Waals surface area contributed by atoms with E-state index in [-0.39, 0.29) is 11.9 Å². The van der Waals surface area contributed by atoms with Crippen molar-refractivity contribution in [3.05, 3.63) is 34.9 Å². The van der Waals surface area contributed by atoms with Gasteiger partial charge < -0.3 is 11.5 Å². The predicted molar refractivity (Wildman–Crippen MR) is 76.3 cm³/mol. The average molecular weight is 261 g/mol. The molecule has 1 aromatic rings. The summed E-state index contributed by atoms with van der Waals surface area (Å²) in [5.74, 6) is -0.198. The van der Waals surface area contributed by atoms with Crippen LogP contribution in [-0.4, -0.2) is 23.4 Å². The lowest BCUT2D eigenvalue weighted by molar-refractivity contribution is -0.124. The quantitative estimate of drug-likeness (QED) is 0.858. The van der Waals surface area contributed by atoms with Gasteiger partial charge in [-0.1, -0.05) is 24.6 Å². The highest BCUT2D eigenvalue weighted by Gasteiger charge is 2.26. The maximum Gasteiger partial charge on any atom is 0.234 e. The van der Waals surface area contributed by atoms with E-state index in [1.807, 2.05) is 0 Å². The van der Waals surface area contributed by atoms with Gasteiger partial charge in [-0.05, 0) is 43.0 Å². The molecule has 0 bridgehead atoms. The van der Waals surface area contributed by atoms with E-state index >= 15 is 0 Å². The summed E-state index contributed by atoms with van der Waals surface area (Å²) >= 11 is 0. The van der Waals surface area contributed by atoms with E-state index in [0.29, 0.717) is 6.54 Å². The Morgan fingerprint density at radius 2 is 2.21 bits per heavy atom. The summed E-state index contributed by atoms with van der Waals surface area (Å²) in [5, 5.41) is 0. The van der Waals surface area contributed by atoms with Crippen molar-refractivity contribution in [3.63, 3.8) is 0 Å². The zero-order valence-electron chi connectivity index (χ0n) is 11.6. The van der Waals surface area contributed by atoms with Gasteiger partial charge in [0.05, 0.1) is 6.04 Å². The van der Waals surface area contributed by atoms with Crippen molar-refractivity contribution in [3.8, 4) is 0 Å². The third-order valence-corrected chi connectivity index (χ3v) is 3.96. The second-order valence-corrected chi connectivity index (χ2v) is 5.35. The second-order valence-electron chi connectivity index (χ2n) is 5.35. The van der Waals surface area contributed by atoms with Crippen molar-refractivity contribution in [2.75, 3.05) is 6.54 Å². The van der Waals surface area contributed by atoms with E-state index in [1.54, 1.807) is 0 Å². The Balaban J connectivity index is 2.12. The van der Waals surface area contributed by atoms with Gasteiger partial charge in [0.1, 0.15) is 0 Å². The molecule has 1 aromatic carbocycles. The molecule has 1 atom stereocenters. The van der Waals surface area contributed by atoms with Crippen LogP contribution in [0.3, 0.4) is 0 Å². The Kier molecular flexibility index (Phi) is 4.56. The Morgan fingerprint density at radius 3 is 2.84 bits per heavy atom. The van der Waals surface area contributed by atoms with Gasteiger partial charge in [-0.2, -0.15) is 0 Å². The summed E-state index contributed by atoms with van der Waals surface area (Å²) in [7, 11) is 0. The van der Waals surface area contributed by atoms with Crippen LogP contribution in [0.4, 0.5) is 0 Å². The van der Waals surface area contributed by atoms with Gasteiger partial charge in [0, 0.05) is 13.1 Å². The average Bonchev–Trinajstić information content (AvgIpc) is 2.41. The molecule has 1 unspecified atom stereocenters. The summed E-state index contributed by atoms with van der Waals surface area (Å²) in [4.78, 5) is 13.7. The molecule has 0 saturated carbocycles. The van der Waals surface area contributed by atoms with Crippen molar-refractivity contribution in [2.24, 2.45) is 11.5 Å². The molecule has 0 spiro atoms. The minimum absolute atomic E-state index is 0.109. The molecule has 4 nitrogen and oxygen atoms in total. The number of piperidine rings is 1. The van der Waals surface area contributed by atoms with Gasteiger partial charge in [0.2, 0.25) is 5.91 Å². The predicted octanol–water partition coefficient (Wildman–Crippen LogP) is 1.29. The first kappa shape index (κ1) is 14.0. The number of carbonyl (C=O) groups excluding carboxylic acids is 1. The number of benzene rings is 1. The van der Waals surface area contributed by atoms with Crippen LogP contribution >= 0.6 is 0 Å². The lowest BCUT2D eigenvalue weighted by Gasteiger charge is -2.34. The Hall–Kier alpha value is -1.39. The van der Waals surface area contributed by atoms with Crippen molar-refractivity contribution >= 4 is 5.91 Å². The fraction of sp³-hybridized carbons (Fsp3) is 0.533. The highest BCUT2D eigenvalue weighted by molar-refractivity contribution is 5.79. The summed E-state index contributed by atoms with van der Waals surface area (Å²) in [5.41, 5.74) is 14.8. The fourth-order valence-corrected chi connectivity index (χ4v) is 2.78. The zero-order chi connectivity index (χ0) is 13.8. The molecule has 4 N–H and O–H groups in total. The van der Waals surface area contributed by atoms with E-state index in [4.69, 9.17) is 11.5 Å². The number of rotatable bonds is 4. The van der Waals surface area contributed by atoms with Crippen LogP contribution in [0.25, 0.3) is 0 Å². The molecule has 1 saturated heterocycles. The number of aryl methyl sites for hydroxylation is 1.